The number of aliphatic hydroxyl groups is 8. The monoisotopic (exact) mass is 568 g/mol. The fraction of sp³-hybridized carbons (Fsp3) is 0.800. The summed E-state index contributed by atoms with van der Waals surface area (Å²) in [6, 6.07) is 0. The Morgan fingerprint density at radius 2 is 0.789 bits per heavy atom. The van der Waals surface area contributed by atoms with Crippen LogP contribution in [0.3, 0.4) is 0 Å². The fourth-order valence-electron chi connectivity index (χ4n) is 2.13. The number of carbonyl (C=O) groups is 4. The Kier molecular flexibility index (Phi) is 27.8. The summed E-state index contributed by atoms with van der Waals surface area (Å²) in [6.45, 7) is 3.45. The van der Waals surface area contributed by atoms with E-state index in [9.17, 15) is 0 Å². The summed E-state index contributed by atoms with van der Waals surface area (Å²) in [5.74, 6) is -3.33. The van der Waals surface area contributed by atoms with Gasteiger partial charge in [0.25, 0.3) is 23.9 Å². The molecule has 0 aromatic rings. The summed E-state index contributed by atoms with van der Waals surface area (Å²) in [5, 5.41) is 100. The van der Waals surface area contributed by atoms with Crippen molar-refractivity contribution in [1.82, 2.24) is 0 Å². The molecule has 0 bridgehead atoms. The highest BCUT2D eigenvalue weighted by atomic mass is 16.6. The van der Waals surface area contributed by atoms with Crippen LogP contribution in [0.5, 0.6) is 0 Å². The van der Waals surface area contributed by atoms with Crippen molar-refractivity contribution in [3.8, 4) is 0 Å². The maximum atomic E-state index is 9.16. The zero-order valence-electron chi connectivity index (χ0n) is 21.3. The van der Waals surface area contributed by atoms with E-state index >= 15 is 0 Å². The Balaban J connectivity index is -0.000000199. The number of rotatable bonds is 5. The predicted octanol–water partition coefficient (Wildman–Crippen LogP) is -4.72. The molecule has 2 rings (SSSR count). The second kappa shape index (κ2) is 24.8. The lowest BCUT2D eigenvalue weighted by molar-refractivity contribution is -0.135. The summed E-state index contributed by atoms with van der Waals surface area (Å²) in [6.07, 6.45) is -8.09. The van der Waals surface area contributed by atoms with Crippen LogP contribution in [0.4, 0.5) is 0 Å². The van der Waals surface area contributed by atoms with Gasteiger partial charge in [-0.1, -0.05) is 0 Å². The third-order valence-corrected chi connectivity index (χ3v) is 3.51. The molecule has 38 heavy (non-hydrogen) atoms. The van der Waals surface area contributed by atoms with Gasteiger partial charge in [-0.15, -0.1) is 0 Å². The molecule has 2 fully saturated rings. The lowest BCUT2D eigenvalue weighted by atomic mass is 10.0. The second-order valence-corrected chi connectivity index (χ2v) is 7.29. The molecule has 2 aliphatic rings. The maximum absolute atomic E-state index is 9.16. The Bertz CT molecular complexity index is 549. The lowest BCUT2D eigenvalue weighted by Crippen LogP contribution is -2.46. The molecular formula is C20H40O18. The van der Waals surface area contributed by atoms with E-state index in [1.807, 2.05) is 0 Å². The van der Waals surface area contributed by atoms with Gasteiger partial charge in [0.15, 0.2) is 0 Å². The SMILES string of the molecule is CC(=O)O.CC(=O)O.CC(=O)O.CC(=O)O.OC[C@@H](O)[C@@H](O)[C@H](O)[C@@H](O)CO.O[C@@H]1CO[C@H]2[C@@H]1OC[C@@H]2O. The standard InChI is InChI=1S/C6H14O6.C6H10O4.4C2H4O2/c7-1-3(9)5(11)6(12)4(10)2-8;7-3-1-9-6-4(8)2-10-5(3)6;4*1-2(3)4/h3-12H,1-2H2;3-8H,1-2H2;4*1H3,(H,3,4)/t2*3-,4+,5-,6-;;;;/m11..../s1. The normalized spacial score (nSPS) is 23.5. The summed E-state index contributed by atoms with van der Waals surface area (Å²) < 4.78 is 10.2. The van der Waals surface area contributed by atoms with Gasteiger partial charge in [0.2, 0.25) is 0 Å². The Labute approximate surface area is 217 Å². The number of ether oxygens (including phenoxy) is 2. The van der Waals surface area contributed by atoms with E-state index in [1.54, 1.807) is 0 Å². The van der Waals surface area contributed by atoms with E-state index in [1.165, 1.54) is 0 Å². The van der Waals surface area contributed by atoms with E-state index in [2.05, 4.69) is 0 Å². The Hall–Kier alpha value is -2.52. The molecule has 0 aliphatic carbocycles. The van der Waals surface area contributed by atoms with Crippen LogP contribution in [0.25, 0.3) is 0 Å². The number of aliphatic hydroxyl groups excluding tert-OH is 8. The zero-order chi connectivity index (χ0) is 31.2. The maximum Gasteiger partial charge on any atom is 0.300 e. The first-order valence-electron chi connectivity index (χ1n) is 10.6. The van der Waals surface area contributed by atoms with Crippen molar-refractivity contribution in [2.45, 2.75) is 76.5 Å². The summed E-state index contributed by atoms with van der Waals surface area (Å²) in [5.41, 5.74) is 0. The smallest absolute Gasteiger partial charge is 0.300 e. The van der Waals surface area contributed by atoms with Crippen LogP contribution < -0.4 is 0 Å². The number of carboxylic acids is 4. The van der Waals surface area contributed by atoms with E-state index in [0.29, 0.717) is 0 Å². The molecule has 0 spiro atoms. The van der Waals surface area contributed by atoms with Crippen LogP contribution in [0.1, 0.15) is 27.7 Å². The molecule has 2 saturated heterocycles. The highest BCUT2D eigenvalue weighted by Crippen LogP contribution is 2.26. The molecule has 18 nitrogen and oxygen atoms in total. The minimum absolute atomic E-state index is 0.284. The van der Waals surface area contributed by atoms with Crippen molar-refractivity contribution in [3.05, 3.63) is 0 Å². The summed E-state index contributed by atoms with van der Waals surface area (Å²) >= 11 is 0. The average Bonchev–Trinajstić information content (AvgIpc) is 3.33. The minimum Gasteiger partial charge on any atom is -0.481 e. The molecule has 0 radical (unpaired) electrons. The van der Waals surface area contributed by atoms with Crippen LogP contribution >= 0.6 is 0 Å². The molecule has 18 heteroatoms. The van der Waals surface area contributed by atoms with E-state index < -0.39 is 73.7 Å². The van der Waals surface area contributed by atoms with Gasteiger partial charge in [-0.05, 0) is 0 Å². The zero-order valence-corrected chi connectivity index (χ0v) is 21.3. The minimum atomic E-state index is -1.67. The number of hydrogen-bond acceptors (Lipinski definition) is 14. The number of fused-ring (bicyclic) bond motifs is 1. The predicted molar refractivity (Wildman–Crippen MR) is 123 cm³/mol. The van der Waals surface area contributed by atoms with Gasteiger partial charge in [-0.2, -0.15) is 0 Å². The second-order valence-electron chi connectivity index (χ2n) is 7.29. The van der Waals surface area contributed by atoms with Gasteiger partial charge in [0.1, 0.15) is 48.8 Å². The van der Waals surface area contributed by atoms with Crippen molar-refractivity contribution in [2.75, 3.05) is 26.4 Å². The van der Waals surface area contributed by atoms with Gasteiger partial charge >= 0.3 is 0 Å². The third-order valence-electron chi connectivity index (χ3n) is 3.51. The van der Waals surface area contributed by atoms with Crippen LogP contribution in [0.2, 0.25) is 0 Å². The first kappa shape index (κ1) is 42.6. The van der Waals surface area contributed by atoms with E-state index in [4.69, 9.17) is 89.9 Å². The quantitative estimate of drug-likeness (QED) is 0.148. The van der Waals surface area contributed by atoms with E-state index in [-0.39, 0.29) is 25.4 Å². The molecule has 228 valence electrons. The van der Waals surface area contributed by atoms with Crippen molar-refractivity contribution >= 4 is 23.9 Å². The Morgan fingerprint density at radius 3 is 0.947 bits per heavy atom. The molecule has 0 amide bonds. The van der Waals surface area contributed by atoms with Crippen molar-refractivity contribution in [1.29, 1.82) is 0 Å². The highest BCUT2D eigenvalue weighted by Gasteiger charge is 2.46. The van der Waals surface area contributed by atoms with Crippen molar-refractivity contribution in [2.24, 2.45) is 0 Å². The molecule has 2 aliphatic heterocycles. The van der Waals surface area contributed by atoms with E-state index in [0.717, 1.165) is 27.7 Å². The molecule has 0 unspecified atom stereocenters. The molecule has 0 saturated carbocycles. The van der Waals surface area contributed by atoms with Crippen LogP contribution in [-0.2, 0) is 28.7 Å². The van der Waals surface area contributed by atoms with Gasteiger partial charge in [0, 0.05) is 27.7 Å². The highest BCUT2D eigenvalue weighted by molar-refractivity contribution is 5.63. The largest absolute Gasteiger partial charge is 0.481 e. The number of hydrogen-bond donors (Lipinski definition) is 12. The molecule has 8 atom stereocenters. The molecular weight excluding hydrogens is 528 g/mol. The average molecular weight is 569 g/mol. The summed E-state index contributed by atoms with van der Waals surface area (Å²) in [7, 11) is 0. The van der Waals surface area contributed by atoms with Gasteiger partial charge in [0.05, 0.1) is 26.4 Å². The lowest BCUT2D eigenvalue weighted by Gasteiger charge is -2.24. The summed E-state index contributed by atoms with van der Waals surface area (Å²) in [4.78, 5) is 36.0. The molecule has 2 heterocycles. The first-order chi connectivity index (χ1) is 17.3. The van der Waals surface area contributed by atoms with Crippen LogP contribution in [0, 0.1) is 0 Å². The molecule has 0 aromatic carbocycles. The number of aliphatic carboxylic acids is 4. The number of carboxylic acid groups (broad SMARTS) is 4. The third kappa shape index (κ3) is 28.1. The van der Waals surface area contributed by atoms with Crippen molar-refractivity contribution < 1.29 is 89.9 Å². The van der Waals surface area contributed by atoms with Crippen LogP contribution in [0.15, 0.2) is 0 Å². The Morgan fingerprint density at radius 1 is 0.605 bits per heavy atom. The molecule has 0 aromatic heterocycles. The van der Waals surface area contributed by atoms with Gasteiger partial charge in [-0.25, -0.2) is 0 Å². The fourth-order valence-corrected chi connectivity index (χ4v) is 2.13. The molecule has 12 N–H and O–H groups in total. The van der Waals surface area contributed by atoms with Gasteiger partial charge in [-0.3, -0.25) is 19.2 Å². The van der Waals surface area contributed by atoms with Crippen LogP contribution in [-0.4, -0.2) is 160 Å². The topological polar surface area (TPSA) is 330 Å². The van der Waals surface area contributed by atoms with Gasteiger partial charge < -0.3 is 70.8 Å². The first-order valence-corrected chi connectivity index (χ1v) is 10.6. The van der Waals surface area contributed by atoms with Crippen molar-refractivity contribution in [3.63, 3.8) is 0 Å².